The van der Waals surface area contributed by atoms with Crippen molar-refractivity contribution in [2.45, 2.75) is 39.2 Å². The zero-order valence-electron chi connectivity index (χ0n) is 13.3. The van der Waals surface area contributed by atoms with Crippen molar-refractivity contribution >= 4 is 11.9 Å². The van der Waals surface area contributed by atoms with Crippen molar-refractivity contribution in [1.29, 1.82) is 0 Å². The Morgan fingerprint density at radius 2 is 1.95 bits per heavy atom. The Labute approximate surface area is 130 Å². The molecule has 1 fully saturated rings. The van der Waals surface area contributed by atoms with Gasteiger partial charge in [0.1, 0.15) is 5.75 Å². The van der Waals surface area contributed by atoms with E-state index in [0.29, 0.717) is 24.6 Å². The lowest BCUT2D eigenvalue weighted by Gasteiger charge is -2.23. The summed E-state index contributed by atoms with van der Waals surface area (Å²) in [5, 5.41) is 9.09. The average molecular weight is 305 g/mol. The number of aliphatic carboxylic acids is 1. The van der Waals surface area contributed by atoms with Crippen LogP contribution in [0.4, 0.5) is 0 Å². The summed E-state index contributed by atoms with van der Waals surface area (Å²) in [4.78, 5) is 24.9. The van der Waals surface area contributed by atoms with Crippen molar-refractivity contribution in [1.82, 2.24) is 4.90 Å². The van der Waals surface area contributed by atoms with Gasteiger partial charge >= 0.3 is 5.97 Å². The molecule has 0 aromatic heterocycles. The number of carboxylic acid groups (broad SMARTS) is 1. The smallest absolute Gasteiger partial charge is 0.308 e. The van der Waals surface area contributed by atoms with Crippen molar-refractivity contribution in [3.05, 3.63) is 29.8 Å². The summed E-state index contributed by atoms with van der Waals surface area (Å²) >= 11 is 0. The van der Waals surface area contributed by atoms with E-state index in [9.17, 15) is 9.59 Å². The number of ether oxygens (including phenoxy) is 1. The number of carboxylic acids is 1. The Balaban J connectivity index is 1.89. The maximum Gasteiger partial charge on any atom is 0.308 e. The Morgan fingerprint density at radius 3 is 2.45 bits per heavy atom. The summed E-state index contributed by atoms with van der Waals surface area (Å²) in [6.45, 7) is 6.44. The molecular formula is C17H23NO4. The van der Waals surface area contributed by atoms with E-state index in [1.807, 2.05) is 24.3 Å². The third-order valence-corrected chi connectivity index (χ3v) is 4.30. The number of hydrogen-bond donors (Lipinski definition) is 1. The number of amides is 1. The second-order valence-electron chi connectivity index (χ2n) is 6.07. The van der Waals surface area contributed by atoms with Gasteiger partial charge < -0.3 is 14.7 Å². The summed E-state index contributed by atoms with van der Waals surface area (Å²) in [6.07, 6.45) is 0.505. The first-order valence-corrected chi connectivity index (χ1v) is 7.65. The molecule has 2 unspecified atom stereocenters. The van der Waals surface area contributed by atoms with Gasteiger partial charge in [-0.2, -0.15) is 0 Å². The van der Waals surface area contributed by atoms with Gasteiger partial charge in [0, 0.05) is 12.6 Å². The predicted octanol–water partition coefficient (Wildman–Crippen LogP) is 2.51. The van der Waals surface area contributed by atoms with E-state index in [2.05, 4.69) is 13.8 Å². The summed E-state index contributed by atoms with van der Waals surface area (Å²) in [5.74, 6) is -0.375. The minimum atomic E-state index is -0.840. The summed E-state index contributed by atoms with van der Waals surface area (Å²) in [6, 6.07) is 7.41. The third-order valence-electron chi connectivity index (χ3n) is 4.30. The van der Waals surface area contributed by atoms with E-state index in [1.165, 1.54) is 5.56 Å². The molecule has 0 bridgehead atoms. The molecule has 1 heterocycles. The highest BCUT2D eigenvalue weighted by Crippen LogP contribution is 2.24. The highest BCUT2D eigenvalue weighted by Gasteiger charge is 2.38. The number of likely N-dealkylation sites (tertiary alicyclic amines) is 1. The first-order valence-electron chi connectivity index (χ1n) is 7.65. The van der Waals surface area contributed by atoms with E-state index in [4.69, 9.17) is 9.84 Å². The first kappa shape index (κ1) is 16.3. The summed E-state index contributed by atoms with van der Waals surface area (Å²) in [7, 11) is 0. The maximum absolute atomic E-state index is 12.2. The van der Waals surface area contributed by atoms with Crippen molar-refractivity contribution in [3.8, 4) is 5.75 Å². The van der Waals surface area contributed by atoms with Crippen LogP contribution in [0.5, 0.6) is 5.75 Å². The van der Waals surface area contributed by atoms with E-state index in [0.717, 1.165) is 0 Å². The summed E-state index contributed by atoms with van der Waals surface area (Å²) in [5.41, 5.74) is 1.22. The monoisotopic (exact) mass is 305 g/mol. The van der Waals surface area contributed by atoms with Gasteiger partial charge in [0.2, 0.25) is 0 Å². The van der Waals surface area contributed by atoms with Gasteiger partial charge in [0.15, 0.2) is 6.61 Å². The van der Waals surface area contributed by atoms with Gasteiger partial charge in [-0.15, -0.1) is 0 Å². The average Bonchev–Trinajstić information content (AvgIpc) is 2.87. The molecule has 2 rings (SSSR count). The lowest BCUT2D eigenvalue weighted by molar-refractivity contribution is -0.143. The molecular weight excluding hydrogens is 282 g/mol. The van der Waals surface area contributed by atoms with Gasteiger partial charge in [0.05, 0.1) is 5.92 Å². The topological polar surface area (TPSA) is 66.8 Å². The van der Waals surface area contributed by atoms with Crippen molar-refractivity contribution in [3.63, 3.8) is 0 Å². The number of benzene rings is 1. The molecule has 1 amide bonds. The molecule has 0 spiro atoms. The van der Waals surface area contributed by atoms with Crippen LogP contribution in [0.25, 0.3) is 0 Å². The van der Waals surface area contributed by atoms with E-state index in [1.54, 1.807) is 11.8 Å². The normalized spacial score (nSPS) is 21.2. The van der Waals surface area contributed by atoms with E-state index >= 15 is 0 Å². The maximum atomic E-state index is 12.2. The van der Waals surface area contributed by atoms with Gasteiger partial charge in [0.25, 0.3) is 5.91 Å². The standard InChI is InChI=1S/C17H23NO4/c1-11(2)13-4-6-14(7-5-13)22-10-16(19)18-9-8-15(12(18)3)17(20)21/h4-7,11-12,15H,8-10H2,1-3H3,(H,20,21). The van der Waals surface area contributed by atoms with Crippen LogP contribution in [-0.2, 0) is 9.59 Å². The Morgan fingerprint density at radius 1 is 1.32 bits per heavy atom. The Bertz CT molecular complexity index is 538. The van der Waals surface area contributed by atoms with Crippen LogP contribution < -0.4 is 4.74 Å². The number of carbonyl (C=O) groups excluding carboxylic acids is 1. The second kappa shape index (κ2) is 6.81. The van der Waals surface area contributed by atoms with Gasteiger partial charge in [-0.05, 0) is 37.0 Å². The molecule has 5 nitrogen and oxygen atoms in total. The largest absolute Gasteiger partial charge is 0.484 e. The number of hydrogen-bond acceptors (Lipinski definition) is 3. The SMILES string of the molecule is CC(C)c1ccc(OCC(=O)N2CCC(C(=O)O)C2C)cc1. The van der Waals surface area contributed by atoms with E-state index in [-0.39, 0.29) is 18.6 Å². The highest BCUT2D eigenvalue weighted by atomic mass is 16.5. The Hall–Kier alpha value is -2.04. The molecule has 2 atom stereocenters. The predicted molar refractivity (Wildman–Crippen MR) is 82.9 cm³/mol. The highest BCUT2D eigenvalue weighted by molar-refractivity contribution is 5.80. The van der Waals surface area contributed by atoms with Gasteiger partial charge in [-0.1, -0.05) is 26.0 Å². The molecule has 0 saturated carbocycles. The zero-order chi connectivity index (χ0) is 16.3. The van der Waals surface area contributed by atoms with Crippen molar-refractivity contribution in [2.75, 3.05) is 13.2 Å². The lowest BCUT2D eigenvalue weighted by atomic mass is 10.0. The second-order valence-corrected chi connectivity index (χ2v) is 6.07. The van der Waals surface area contributed by atoms with Crippen LogP contribution in [0, 0.1) is 5.92 Å². The van der Waals surface area contributed by atoms with Crippen LogP contribution in [0.3, 0.4) is 0 Å². The van der Waals surface area contributed by atoms with Crippen molar-refractivity contribution < 1.29 is 19.4 Å². The number of carbonyl (C=O) groups is 2. The van der Waals surface area contributed by atoms with Crippen LogP contribution in [0.15, 0.2) is 24.3 Å². The zero-order valence-corrected chi connectivity index (χ0v) is 13.3. The van der Waals surface area contributed by atoms with Crippen LogP contribution in [0.2, 0.25) is 0 Å². The molecule has 0 radical (unpaired) electrons. The molecule has 5 heteroatoms. The number of nitrogens with zero attached hydrogens (tertiary/aromatic N) is 1. The van der Waals surface area contributed by atoms with Gasteiger partial charge in [-0.3, -0.25) is 9.59 Å². The molecule has 1 N–H and O–H groups in total. The lowest BCUT2D eigenvalue weighted by Crippen LogP contribution is -2.40. The molecule has 1 saturated heterocycles. The van der Waals surface area contributed by atoms with Crippen molar-refractivity contribution in [2.24, 2.45) is 5.92 Å². The van der Waals surface area contributed by atoms with Crippen LogP contribution in [0.1, 0.15) is 38.7 Å². The minimum absolute atomic E-state index is 0.0578. The fraction of sp³-hybridized carbons (Fsp3) is 0.529. The fourth-order valence-corrected chi connectivity index (χ4v) is 2.80. The molecule has 1 aliphatic heterocycles. The fourth-order valence-electron chi connectivity index (χ4n) is 2.80. The molecule has 120 valence electrons. The van der Waals surface area contributed by atoms with E-state index < -0.39 is 11.9 Å². The number of rotatable bonds is 5. The quantitative estimate of drug-likeness (QED) is 0.907. The first-order chi connectivity index (χ1) is 10.4. The molecule has 22 heavy (non-hydrogen) atoms. The minimum Gasteiger partial charge on any atom is -0.484 e. The summed E-state index contributed by atoms with van der Waals surface area (Å²) < 4.78 is 5.52. The molecule has 1 aliphatic rings. The van der Waals surface area contributed by atoms with Crippen LogP contribution in [-0.4, -0.2) is 41.1 Å². The van der Waals surface area contributed by atoms with Crippen LogP contribution >= 0.6 is 0 Å². The Kier molecular flexibility index (Phi) is 5.06. The third kappa shape index (κ3) is 3.59. The molecule has 1 aromatic carbocycles. The van der Waals surface area contributed by atoms with Gasteiger partial charge in [-0.25, -0.2) is 0 Å². The molecule has 1 aromatic rings. The molecule has 0 aliphatic carbocycles.